The van der Waals surface area contributed by atoms with Crippen molar-refractivity contribution >= 4 is 16.5 Å². The molecule has 0 amide bonds. The van der Waals surface area contributed by atoms with E-state index < -0.39 is 22.4 Å². The normalized spacial score (nSPS) is 13.0. The largest absolute Gasteiger partial charge is 0.399 e. The second-order valence-electron chi connectivity index (χ2n) is 4.01. The molecule has 1 aromatic rings. The van der Waals surface area contributed by atoms with Crippen LogP contribution in [0.4, 0.5) is 14.5 Å². The Hall–Kier alpha value is -0.970. The lowest BCUT2D eigenvalue weighted by Crippen LogP contribution is -2.12. The van der Waals surface area contributed by atoms with Crippen molar-refractivity contribution in [3.8, 4) is 0 Å². The van der Waals surface area contributed by atoms with Gasteiger partial charge in [-0.15, -0.1) is 0 Å². The van der Waals surface area contributed by atoms with Gasteiger partial charge < -0.3 is 5.73 Å². The predicted molar refractivity (Wildman–Crippen MR) is 66.1 cm³/mol. The zero-order valence-electron chi connectivity index (χ0n) is 10.0. The molecule has 5 heteroatoms. The lowest BCUT2D eigenvalue weighted by molar-refractivity contribution is 0.523. The first-order valence-electron chi connectivity index (χ1n) is 5.62. The molecule has 17 heavy (non-hydrogen) atoms. The van der Waals surface area contributed by atoms with Crippen LogP contribution in [0.1, 0.15) is 26.7 Å². The van der Waals surface area contributed by atoms with Crippen LogP contribution in [0.2, 0.25) is 0 Å². The predicted octanol–water partition coefficient (Wildman–Crippen LogP) is 3.09. The summed E-state index contributed by atoms with van der Waals surface area (Å²) < 4.78 is 38.9. The Kier molecular flexibility index (Phi) is 5.05. The number of hydrogen-bond donors (Lipinski definition) is 1. The molecule has 0 bridgehead atoms. The van der Waals surface area contributed by atoms with Crippen LogP contribution in [0, 0.1) is 17.6 Å². The molecule has 0 spiro atoms. The molecule has 96 valence electrons. The number of halogens is 2. The van der Waals surface area contributed by atoms with Crippen LogP contribution >= 0.6 is 0 Å². The fourth-order valence-electron chi connectivity index (χ4n) is 1.62. The minimum Gasteiger partial charge on any atom is -0.399 e. The van der Waals surface area contributed by atoms with Gasteiger partial charge in [-0.25, -0.2) is 8.78 Å². The second kappa shape index (κ2) is 6.10. The van der Waals surface area contributed by atoms with Crippen molar-refractivity contribution < 1.29 is 13.0 Å². The average molecular weight is 261 g/mol. The maximum absolute atomic E-state index is 13.5. The Labute approximate surface area is 103 Å². The van der Waals surface area contributed by atoms with Gasteiger partial charge in [0, 0.05) is 11.4 Å². The molecule has 1 unspecified atom stereocenters. The molecule has 0 aliphatic heterocycles. The lowest BCUT2D eigenvalue weighted by Gasteiger charge is -2.12. The van der Waals surface area contributed by atoms with Crippen LogP contribution in [-0.4, -0.2) is 9.96 Å². The van der Waals surface area contributed by atoms with Crippen LogP contribution in [0.15, 0.2) is 17.0 Å². The van der Waals surface area contributed by atoms with Crippen molar-refractivity contribution in [2.45, 2.75) is 31.6 Å². The summed E-state index contributed by atoms with van der Waals surface area (Å²) in [6.45, 7) is 3.95. The third-order valence-corrected chi connectivity index (χ3v) is 4.41. The summed E-state index contributed by atoms with van der Waals surface area (Å²) in [6.07, 6.45) is 1.70. The molecule has 0 aliphatic rings. The van der Waals surface area contributed by atoms with E-state index in [2.05, 4.69) is 0 Å². The van der Waals surface area contributed by atoms with Gasteiger partial charge in [0.1, 0.15) is 16.5 Å². The van der Waals surface area contributed by atoms with Gasteiger partial charge in [0.2, 0.25) is 0 Å². The number of benzene rings is 1. The third-order valence-electron chi connectivity index (χ3n) is 2.79. The van der Waals surface area contributed by atoms with Crippen LogP contribution in [-0.2, 0) is 10.8 Å². The molecule has 1 atom stereocenters. The van der Waals surface area contributed by atoms with Crippen LogP contribution in [0.3, 0.4) is 0 Å². The summed E-state index contributed by atoms with van der Waals surface area (Å²) in [7, 11) is -1.65. The van der Waals surface area contributed by atoms with Gasteiger partial charge in [-0.1, -0.05) is 26.7 Å². The van der Waals surface area contributed by atoms with Crippen molar-refractivity contribution in [3.63, 3.8) is 0 Å². The standard InChI is InChI=1S/C12H17F2NOS/c1-3-8(4-2)7-17(16)12-10(13)5-9(15)6-11(12)14/h5-6,8H,3-4,7,15H2,1-2H3. The van der Waals surface area contributed by atoms with Crippen molar-refractivity contribution in [2.75, 3.05) is 11.5 Å². The highest BCUT2D eigenvalue weighted by Gasteiger charge is 2.19. The molecule has 0 aromatic heterocycles. The van der Waals surface area contributed by atoms with Crippen LogP contribution in [0.5, 0.6) is 0 Å². The summed E-state index contributed by atoms with van der Waals surface area (Å²) in [6, 6.07) is 2.01. The Morgan fingerprint density at radius 2 is 1.71 bits per heavy atom. The van der Waals surface area contributed by atoms with Crippen molar-refractivity contribution in [1.29, 1.82) is 0 Å². The highest BCUT2D eigenvalue weighted by atomic mass is 32.2. The molecule has 0 saturated carbocycles. The first-order valence-corrected chi connectivity index (χ1v) is 6.94. The fourth-order valence-corrected chi connectivity index (χ4v) is 3.24. The SMILES string of the molecule is CCC(CC)CS(=O)c1c(F)cc(N)cc1F. The number of hydrogen-bond acceptors (Lipinski definition) is 2. The molecular weight excluding hydrogens is 244 g/mol. The minimum absolute atomic E-state index is 0.00304. The lowest BCUT2D eigenvalue weighted by atomic mass is 10.1. The molecule has 2 N–H and O–H groups in total. The topological polar surface area (TPSA) is 43.1 Å². The summed E-state index contributed by atoms with van der Waals surface area (Å²) in [4.78, 5) is -0.355. The Morgan fingerprint density at radius 3 is 2.12 bits per heavy atom. The Balaban J connectivity index is 2.96. The van der Waals surface area contributed by atoms with Gasteiger partial charge in [-0.2, -0.15) is 0 Å². The highest BCUT2D eigenvalue weighted by Crippen LogP contribution is 2.22. The van der Waals surface area contributed by atoms with Gasteiger partial charge in [0.25, 0.3) is 0 Å². The van der Waals surface area contributed by atoms with E-state index in [-0.39, 0.29) is 22.3 Å². The molecule has 0 aliphatic carbocycles. The van der Waals surface area contributed by atoms with Gasteiger partial charge in [0.05, 0.1) is 10.8 Å². The molecule has 0 saturated heterocycles. The minimum atomic E-state index is -1.65. The monoisotopic (exact) mass is 261 g/mol. The average Bonchev–Trinajstić information content (AvgIpc) is 2.24. The highest BCUT2D eigenvalue weighted by molar-refractivity contribution is 7.85. The van der Waals surface area contributed by atoms with Crippen molar-refractivity contribution in [3.05, 3.63) is 23.8 Å². The summed E-state index contributed by atoms with van der Waals surface area (Å²) >= 11 is 0. The maximum atomic E-state index is 13.5. The Bertz CT molecular complexity index is 396. The quantitative estimate of drug-likeness (QED) is 0.828. The molecule has 0 heterocycles. The fraction of sp³-hybridized carbons (Fsp3) is 0.500. The van der Waals surface area contributed by atoms with Gasteiger partial charge in [-0.3, -0.25) is 4.21 Å². The van der Waals surface area contributed by atoms with E-state index in [1.54, 1.807) is 0 Å². The van der Waals surface area contributed by atoms with Crippen LogP contribution in [0.25, 0.3) is 0 Å². The molecule has 1 aromatic carbocycles. The smallest absolute Gasteiger partial charge is 0.144 e. The van der Waals surface area contributed by atoms with E-state index in [1.807, 2.05) is 13.8 Å². The number of rotatable bonds is 5. The molecule has 1 rings (SSSR count). The zero-order chi connectivity index (χ0) is 13.0. The van der Waals surface area contributed by atoms with E-state index in [1.165, 1.54) is 0 Å². The van der Waals surface area contributed by atoms with E-state index in [0.29, 0.717) is 0 Å². The molecule has 0 radical (unpaired) electrons. The number of nitrogens with two attached hydrogens (primary N) is 1. The van der Waals surface area contributed by atoms with Crippen LogP contribution < -0.4 is 5.73 Å². The molecule has 0 fully saturated rings. The van der Waals surface area contributed by atoms with Crippen molar-refractivity contribution in [2.24, 2.45) is 5.92 Å². The zero-order valence-corrected chi connectivity index (χ0v) is 10.8. The van der Waals surface area contributed by atoms with E-state index >= 15 is 0 Å². The molecular formula is C12H17F2NOS. The van der Waals surface area contributed by atoms with Crippen molar-refractivity contribution in [1.82, 2.24) is 0 Å². The maximum Gasteiger partial charge on any atom is 0.144 e. The third kappa shape index (κ3) is 3.49. The first-order chi connectivity index (χ1) is 7.99. The van der Waals surface area contributed by atoms with Gasteiger partial charge in [-0.05, 0) is 18.1 Å². The first kappa shape index (κ1) is 14.1. The van der Waals surface area contributed by atoms with E-state index in [4.69, 9.17) is 5.73 Å². The van der Waals surface area contributed by atoms with Gasteiger partial charge in [0.15, 0.2) is 0 Å². The summed E-state index contributed by atoms with van der Waals surface area (Å²) in [5.74, 6) is -1.16. The second-order valence-corrected chi connectivity index (χ2v) is 5.44. The summed E-state index contributed by atoms with van der Waals surface area (Å²) in [5.41, 5.74) is 5.31. The number of nitrogen functional groups attached to an aromatic ring is 1. The van der Waals surface area contributed by atoms with Gasteiger partial charge >= 0.3 is 0 Å². The number of anilines is 1. The Morgan fingerprint density at radius 1 is 1.24 bits per heavy atom. The summed E-state index contributed by atoms with van der Waals surface area (Å²) in [5, 5.41) is 0. The van der Waals surface area contributed by atoms with E-state index in [9.17, 15) is 13.0 Å². The molecule has 2 nitrogen and oxygen atoms in total. The van der Waals surface area contributed by atoms with E-state index in [0.717, 1.165) is 25.0 Å².